The maximum Gasteiger partial charge on any atom is 0.243 e. The summed E-state index contributed by atoms with van der Waals surface area (Å²) in [6, 6.07) is 11.6. The molecule has 3 aliphatic heterocycles. The van der Waals surface area contributed by atoms with Crippen LogP contribution in [0.3, 0.4) is 0 Å². The molecule has 2 saturated heterocycles. The molecule has 1 N–H and O–H groups in total. The van der Waals surface area contributed by atoms with Gasteiger partial charge in [-0.05, 0) is 43.2 Å². The van der Waals surface area contributed by atoms with Crippen molar-refractivity contribution in [2.24, 2.45) is 5.92 Å². The number of nitrogens with zero attached hydrogens (tertiary/aromatic N) is 2. The van der Waals surface area contributed by atoms with Crippen molar-refractivity contribution in [1.29, 1.82) is 0 Å². The summed E-state index contributed by atoms with van der Waals surface area (Å²) >= 11 is 0. The molecule has 1 atom stereocenters. The highest BCUT2D eigenvalue weighted by Crippen LogP contribution is 2.37. The van der Waals surface area contributed by atoms with Crippen molar-refractivity contribution >= 4 is 33.2 Å². The minimum atomic E-state index is -3.62. The molecular formula is C24H27N3O6S. The van der Waals surface area contributed by atoms with Gasteiger partial charge >= 0.3 is 0 Å². The fourth-order valence-corrected chi connectivity index (χ4v) is 6.16. The average Bonchev–Trinajstić information content (AvgIpc) is 3.35. The predicted octanol–water partition coefficient (Wildman–Crippen LogP) is 2.97. The van der Waals surface area contributed by atoms with Crippen LogP contribution in [-0.2, 0) is 19.6 Å². The van der Waals surface area contributed by atoms with Gasteiger partial charge in [-0.15, -0.1) is 0 Å². The van der Waals surface area contributed by atoms with Crippen molar-refractivity contribution in [1.82, 2.24) is 4.31 Å². The van der Waals surface area contributed by atoms with Gasteiger partial charge in [0.15, 0.2) is 11.5 Å². The number of hydrogen-bond acceptors (Lipinski definition) is 6. The molecule has 2 aromatic carbocycles. The van der Waals surface area contributed by atoms with Gasteiger partial charge in [-0.2, -0.15) is 4.31 Å². The lowest BCUT2D eigenvalue weighted by Gasteiger charge is -2.20. The molecule has 0 saturated carbocycles. The molecule has 34 heavy (non-hydrogen) atoms. The van der Waals surface area contributed by atoms with Crippen molar-refractivity contribution in [2.45, 2.75) is 37.0 Å². The van der Waals surface area contributed by atoms with E-state index in [-0.39, 0.29) is 36.5 Å². The Labute approximate surface area is 198 Å². The van der Waals surface area contributed by atoms with Gasteiger partial charge in [-0.25, -0.2) is 8.42 Å². The Balaban J connectivity index is 1.27. The van der Waals surface area contributed by atoms with Gasteiger partial charge in [0.05, 0.1) is 10.8 Å². The lowest BCUT2D eigenvalue weighted by molar-refractivity contribution is -0.122. The first kappa shape index (κ1) is 22.7. The summed E-state index contributed by atoms with van der Waals surface area (Å²) in [6.45, 7) is 1.40. The molecule has 1 unspecified atom stereocenters. The number of sulfonamides is 1. The van der Waals surface area contributed by atoms with E-state index in [2.05, 4.69) is 5.32 Å². The lowest BCUT2D eigenvalue weighted by Crippen LogP contribution is -2.32. The number of fused-ring (bicyclic) bond motifs is 1. The number of carbonyl (C=O) groups is 2. The number of anilines is 2. The van der Waals surface area contributed by atoms with E-state index in [0.29, 0.717) is 36.0 Å². The number of ether oxygens (including phenoxy) is 2. The van der Waals surface area contributed by atoms with Crippen LogP contribution in [0.1, 0.15) is 32.1 Å². The van der Waals surface area contributed by atoms with Crippen molar-refractivity contribution in [3.05, 3.63) is 42.5 Å². The van der Waals surface area contributed by atoms with Gasteiger partial charge in [-0.1, -0.05) is 18.9 Å². The zero-order valence-corrected chi connectivity index (χ0v) is 19.6. The Morgan fingerprint density at radius 1 is 0.971 bits per heavy atom. The summed E-state index contributed by atoms with van der Waals surface area (Å²) in [5, 5.41) is 2.80. The third-order valence-corrected chi connectivity index (χ3v) is 8.36. The number of carbonyl (C=O) groups excluding carboxylic acids is 2. The summed E-state index contributed by atoms with van der Waals surface area (Å²) in [5.41, 5.74) is 1.05. The standard InChI is InChI=1S/C24H27N3O6S/c28-23-12-17(15-27(23)19-8-9-21-22(14-19)33-16-32-21)24(29)25-18-6-5-7-20(13-18)34(30,31)26-10-3-1-2-4-11-26/h5-9,13-14,17H,1-4,10-12,15-16H2,(H,25,29). The smallest absolute Gasteiger partial charge is 0.243 e. The Kier molecular flexibility index (Phi) is 6.18. The van der Waals surface area contributed by atoms with Crippen LogP contribution in [0, 0.1) is 5.92 Å². The van der Waals surface area contributed by atoms with Crippen molar-refractivity contribution in [2.75, 3.05) is 36.6 Å². The monoisotopic (exact) mass is 485 g/mol. The van der Waals surface area contributed by atoms with Crippen LogP contribution in [0.2, 0.25) is 0 Å². The molecule has 2 fully saturated rings. The first-order valence-corrected chi connectivity index (χ1v) is 13.0. The third-order valence-electron chi connectivity index (χ3n) is 6.47. The summed E-state index contributed by atoms with van der Waals surface area (Å²) in [6.07, 6.45) is 3.85. The summed E-state index contributed by atoms with van der Waals surface area (Å²) in [5.74, 6) is 0.168. The molecule has 10 heteroatoms. The zero-order valence-electron chi connectivity index (χ0n) is 18.7. The number of amides is 2. The lowest BCUT2D eigenvalue weighted by atomic mass is 10.1. The molecule has 0 aromatic heterocycles. The van der Waals surface area contributed by atoms with E-state index in [4.69, 9.17) is 9.47 Å². The first-order valence-electron chi connectivity index (χ1n) is 11.5. The summed E-state index contributed by atoms with van der Waals surface area (Å²) in [4.78, 5) is 27.3. The molecule has 2 amide bonds. The normalized spacial score (nSPS) is 20.9. The zero-order chi connectivity index (χ0) is 23.7. The molecule has 180 valence electrons. The molecule has 5 rings (SSSR count). The molecule has 3 heterocycles. The molecule has 0 spiro atoms. The van der Waals surface area contributed by atoms with E-state index in [1.165, 1.54) is 10.4 Å². The van der Waals surface area contributed by atoms with Crippen molar-refractivity contribution < 1.29 is 27.5 Å². The maximum atomic E-state index is 13.1. The van der Waals surface area contributed by atoms with Crippen LogP contribution in [0.4, 0.5) is 11.4 Å². The largest absolute Gasteiger partial charge is 0.454 e. The second-order valence-electron chi connectivity index (χ2n) is 8.78. The highest BCUT2D eigenvalue weighted by molar-refractivity contribution is 7.89. The van der Waals surface area contributed by atoms with Gasteiger partial charge in [0.2, 0.25) is 28.6 Å². The predicted molar refractivity (Wildman–Crippen MR) is 125 cm³/mol. The first-order chi connectivity index (χ1) is 16.4. The fraction of sp³-hybridized carbons (Fsp3) is 0.417. The van der Waals surface area contributed by atoms with Crippen LogP contribution in [0.25, 0.3) is 0 Å². The minimum Gasteiger partial charge on any atom is -0.454 e. The second kappa shape index (κ2) is 9.27. The molecule has 9 nitrogen and oxygen atoms in total. The van der Waals surface area contributed by atoms with Crippen LogP contribution in [-0.4, -0.2) is 51.0 Å². The van der Waals surface area contributed by atoms with Crippen LogP contribution >= 0.6 is 0 Å². The molecule has 0 bridgehead atoms. The van der Waals surface area contributed by atoms with Gasteiger partial charge < -0.3 is 19.7 Å². The van der Waals surface area contributed by atoms with Crippen LogP contribution in [0.15, 0.2) is 47.4 Å². The molecule has 2 aromatic rings. The fourth-order valence-electron chi connectivity index (χ4n) is 4.60. The van der Waals surface area contributed by atoms with E-state index in [1.54, 1.807) is 41.3 Å². The molecule has 0 radical (unpaired) electrons. The van der Waals surface area contributed by atoms with Crippen LogP contribution in [0.5, 0.6) is 11.5 Å². The summed E-state index contributed by atoms with van der Waals surface area (Å²) in [7, 11) is -3.62. The minimum absolute atomic E-state index is 0.0754. The third kappa shape index (κ3) is 4.47. The Morgan fingerprint density at radius 2 is 1.74 bits per heavy atom. The Morgan fingerprint density at radius 3 is 2.53 bits per heavy atom. The topological polar surface area (TPSA) is 105 Å². The van der Waals surface area contributed by atoms with E-state index >= 15 is 0 Å². The molecule has 3 aliphatic rings. The molecule has 0 aliphatic carbocycles. The second-order valence-corrected chi connectivity index (χ2v) is 10.7. The highest BCUT2D eigenvalue weighted by Gasteiger charge is 2.36. The van der Waals surface area contributed by atoms with E-state index in [0.717, 1.165) is 25.7 Å². The highest BCUT2D eigenvalue weighted by atomic mass is 32.2. The van der Waals surface area contributed by atoms with Crippen molar-refractivity contribution in [3.63, 3.8) is 0 Å². The number of rotatable bonds is 5. The maximum absolute atomic E-state index is 13.1. The Hall–Kier alpha value is -3.11. The Bertz CT molecular complexity index is 1210. The van der Waals surface area contributed by atoms with Crippen molar-refractivity contribution in [3.8, 4) is 11.5 Å². The quantitative estimate of drug-likeness (QED) is 0.698. The van der Waals surface area contributed by atoms with Gasteiger partial charge in [-0.3, -0.25) is 9.59 Å². The van der Waals surface area contributed by atoms with E-state index in [9.17, 15) is 18.0 Å². The number of hydrogen-bond donors (Lipinski definition) is 1. The number of nitrogens with one attached hydrogen (secondary N) is 1. The average molecular weight is 486 g/mol. The number of benzene rings is 2. The van der Waals surface area contributed by atoms with Gasteiger partial charge in [0.1, 0.15) is 0 Å². The van der Waals surface area contributed by atoms with E-state index < -0.39 is 15.9 Å². The van der Waals surface area contributed by atoms with E-state index in [1.807, 2.05) is 0 Å². The SMILES string of the molecule is O=C(Nc1cccc(S(=O)(=O)N2CCCCCC2)c1)C1CC(=O)N(c2ccc3c(c2)OCO3)C1. The van der Waals surface area contributed by atoms with Gasteiger partial charge in [0.25, 0.3) is 0 Å². The van der Waals surface area contributed by atoms with Gasteiger partial charge in [0, 0.05) is 43.5 Å². The van der Waals surface area contributed by atoms with Crippen LogP contribution < -0.4 is 19.7 Å². The summed E-state index contributed by atoms with van der Waals surface area (Å²) < 4.78 is 38.4. The molecular weight excluding hydrogens is 458 g/mol.